The second-order valence-corrected chi connectivity index (χ2v) is 7.25. The number of thiocarbonyl (C=S) groups is 1. The lowest BCUT2D eigenvalue weighted by molar-refractivity contribution is -0.139. The van der Waals surface area contributed by atoms with Gasteiger partial charge in [0, 0.05) is 16.3 Å². The van der Waals surface area contributed by atoms with E-state index < -0.39 is 0 Å². The molecule has 142 valence electrons. The number of benzene rings is 1. The molecule has 7 heteroatoms. The number of carbonyl (C=O) groups is 1. The van der Waals surface area contributed by atoms with E-state index in [0.29, 0.717) is 23.9 Å². The average molecular weight is 403 g/mol. The molecular weight excluding hydrogens is 380 g/mol. The van der Waals surface area contributed by atoms with E-state index in [9.17, 15) is 4.79 Å². The molecule has 27 heavy (non-hydrogen) atoms. The molecule has 1 aromatic carbocycles. The van der Waals surface area contributed by atoms with E-state index in [0.717, 1.165) is 22.0 Å². The predicted molar refractivity (Wildman–Crippen MR) is 112 cm³/mol. The minimum absolute atomic E-state index is 0.310. The van der Waals surface area contributed by atoms with E-state index in [1.54, 1.807) is 18.3 Å². The number of ether oxygens (including phenoxy) is 2. The SMILES string of the molecule is CCOC(=O)C1=C(C)N(c2ccc(OCC)cc2)C(=S)N[C@@H]1c1cccs1. The Morgan fingerprint density at radius 3 is 2.56 bits per heavy atom. The summed E-state index contributed by atoms with van der Waals surface area (Å²) >= 11 is 7.21. The molecule has 1 atom stereocenters. The Morgan fingerprint density at radius 1 is 1.22 bits per heavy atom. The van der Waals surface area contributed by atoms with Crippen molar-refractivity contribution in [1.29, 1.82) is 0 Å². The van der Waals surface area contributed by atoms with Gasteiger partial charge in [-0.2, -0.15) is 0 Å². The van der Waals surface area contributed by atoms with Crippen molar-refractivity contribution in [1.82, 2.24) is 5.32 Å². The lowest BCUT2D eigenvalue weighted by atomic mass is 10.0. The van der Waals surface area contributed by atoms with E-state index in [-0.39, 0.29) is 12.0 Å². The molecule has 0 fully saturated rings. The van der Waals surface area contributed by atoms with Gasteiger partial charge in [0.05, 0.1) is 24.8 Å². The molecule has 0 unspecified atom stereocenters. The van der Waals surface area contributed by atoms with Gasteiger partial charge in [-0.25, -0.2) is 4.79 Å². The van der Waals surface area contributed by atoms with Crippen LogP contribution in [0.4, 0.5) is 5.69 Å². The van der Waals surface area contributed by atoms with Crippen LogP contribution in [0.2, 0.25) is 0 Å². The van der Waals surface area contributed by atoms with Crippen LogP contribution in [0.1, 0.15) is 31.7 Å². The number of hydrogen-bond acceptors (Lipinski definition) is 5. The maximum absolute atomic E-state index is 12.7. The van der Waals surface area contributed by atoms with E-state index in [1.165, 1.54) is 0 Å². The summed E-state index contributed by atoms with van der Waals surface area (Å²) in [6.45, 7) is 6.58. The molecule has 0 amide bonds. The minimum atomic E-state index is -0.334. The highest BCUT2D eigenvalue weighted by atomic mass is 32.1. The van der Waals surface area contributed by atoms with Crippen molar-refractivity contribution < 1.29 is 14.3 Å². The molecule has 5 nitrogen and oxygen atoms in total. The number of anilines is 1. The fourth-order valence-corrected chi connectivity index (χ4v) is 4.20. The van der Waals surface area contributed by atoms with Crippen molar-refractivity contribution in [2.75, 3.05) is 18.1 Å². The molecule has 0 bridgehead atoms. The summed E-state index contributed by atoms with van der Waals surface area (Å²) in [5.74, 6) is 0.459. The average Bonchev–Trinajstić information content (AvgIpc) is 3.17. The molecule has 0 aliphatic carbocycles. The molecule has 0 spiro atoms. The maximum Gasteiger partial charge on any atom is 0.338 e. The molecule has 0 saturated heterocycles. The minimum Gasteiger partial charge on any atom is -0.494 e. The van der Waals surface area contributed by atoms with Gasteiger partial charge >= 0.3 is 5.97 Å². The largest absolute Gasteiger partial charge is 0.494 e. The summed E-state index contributed by atoms with van der Waals surface area (Å²) in [4.78, 5) is 15.6. The zero-order chi connectivity index (χ0) is 19.4. The molecule has 3 rings (SSSR count). The first-order valence-electron chi connectivity index (χ1n) is 8.81. The summed E-state index contributed by atoms with van der Waals surface area (Å²) in [5, 5.41) is 5.83. The van der Waals surface area contributed by atoms with Gasteiger partial charge in [-0.05, 0) is 68.7 Å². The topological polar surface area (TPSA) is 50.8 Å². The van der Waals surface area contributed by atoms with Gasteiger partial charge in [0.1, 0.15) is 5.75 Å². The van der Waals surface area contributed by atoms with Crippen molar-refractivity contribution in [3.8, 4) is 5.75 Å². The summed E-state index contributed by atoms with van der Waals surface area (Å²) in [6.07, 6.45) is 0. The van der Waals surface area contributed by atoms with Crippen LogP contribution < -0.4 is 15.0 Å². The number of rotatable bonds is 6. The third kappa shape index (κ3) is 3.99. The van der Waals surface area contributed by atoms with E-state index >= 15 is 0 Å². The van der Waals surface area contributed by atoms with E-state index in [2.05, 4.69) is 5.32 Å². The van der Waals surface area contributed by atoms with Crippen molar-refractivity contribution in [2.24, 2.45) is 0 Å². The van der Waals surface area contributed by atoms with E-state index in [4.69, 9.17) is 21.7 Å². The van der Waals surface area contributed by atoms with Gasteiger partial charge in [-0.15, -0.1) is 11.3 Å². The molecule has 1 aliphatic rings. The zero-order valence-electron chi connectivity index (χ0n) is 15.5. The monoisotopic (exact) mass is 402 g/mol. The molecule has 2 aromatic rings. The van der Waals surface area contributed by atoms with Gasteiger partial charge < -0.3 is 14.8 Å². The number of allylic oxidation sites excluding steroid dienone is 1. The van der Waals surface area contributed by atoms with Gasteiger partial charge in [0.2, 0.25) is 0 Å². The number of carbonyl (C=O) groups excluding carboxylic acids is 1. The first-order chi connectivity index (χ1) is 13.1. The Kier molecular flexibility index (Phi) is 6.13. The normalized spacial score (nSPS) is 16.9. The van der Waals surface area contributed by atoms with Crippen LogP contribution in [0, 0.1) is 0 Å². The smallest absolute Gasteiger partial charge is 0.338 e. The first kappa shape index (κ1) is 19.4. The third-order valence-electron chi connectivity index (χ3n) is 4.21. The van der Waals surface area contributed by atoms with Crippen LogP contribution in [0.25, 0.3) is 0 Å². The van der Waals surface area contributed by atoms with Crippen LogP contribution in [0.5, 0.6) is 5.75 Å². The van der Waals surface area contributed by atoms with E-state index in [1.807, 2.05) is 60.5 Å². The molecule has 1 aliphatic heterocycles. The molecule has 1 N–H and O–H groups in total. The highest BCUT2D eigenvalue weighted by Crippen LogP contribution is 2.36. The fraction of sp³-hybridized carbons (Fsp3) is 0.300. The Morgan fingerprint density at radius 2 is 1.96 bits per heavy atom. The molecule has 1 aromatic heterocycles. The maximum atomic E-state index is 12.7. The van der Waals surface area contributed by atoms with Crippen molar-refractivity contribution in [3.63, 3.8) is 0 Å². The molecule has 2 heterocycles. The highest BCUT2D eigenvalue weighted by Gasteiger charge is 2.35. The molecule has 0 saturated carbocycles. The quantitative estimate of drug-likeness (QED) is 0.570. The predicted octanol–water partition coefficient (Wildman–Crippen LogP) is 4.42. The van der Waals surface area contributed by atoms with Gasteiger partial charge in [-0.3, -0.25) is 4.90 Å². The van der Waals surface area contributed by atoms with Crippen LogP contribution in [-0.4, -0.2) is 24.3 Å². The van der Waals surface area contributed by atoms with Gasteiger partial charge in [-0.1, -0.05) is 6.07 Å². The van der Waals surface area contributed by atoms with Crippen LogP contribution in [-0.2, 0) is 9.53 Å². The Hall–Kier alpha value is -2.38. The lowest BCUT2D eigenvalue weighted by Crippen LogP contribution is -2.47. The second kappa shape index (κ2) is 8.54. The highest BCUT2D eigenvalue weighted by molar-refractivity contribution is 7.80. The Labute approximate surface area is 168 Å². The first-order valence-corrected chi connectivity index (χ1v) is 10.1. The van der Waals surface area contributed by atoms with Gasteiger partial charge in [0.25, 0.3) is 0 Å². The lowest BCUT2D eigenvalue weighted by Gasteiger charge is -2.37. The number of nitrogens with one attached hydrogen (secondary N) is 1. The van der Waals surface area contributed by atoms with Crippen molar-refractivity contribution in [2.45, 2.75) is 26.8 Å². The second-order valence-electron chi connectivity index (χ2n) is 5.88. The summed E-state index contributed by atoms with van der Waals surface area (Å²) in [6, 6.07) is 11.3. The number of esters is 1. The van der Waals surface area contributed by atoms with Crippen LogP contribution >= 0.6 is 23.6 Å². The fourth-order valence-electron chi connectivity index (χ4n) is 3.05. The summed E-state index contributed by atoms with van der Waals surface area (Å²) in [5.41, 5.74) is 2.20. The third-order valence-corrected chi connectivity index (χ3v) is 5.45. The number of thiophene rings is 1. The van der Waals surface area contributed by atoms with Crippen LogP contribution in [0.3, 0.4) is 0 Å². The number of hydrogen-bond donors (Lipinski definition) is 1. The molecule has 0 radical (unpaired) electrons. The number of nitrogens with zero attached hydrogens (tertiary/aromatic N) is 1. The zero-order valence-corrected chi connectivity index (χ0v) is 17.2. The van der Waals surface area contributed by atoms with Crippen molar-refractivity contribution in [3.05, 3.63) is 57.9 Å². The Balaban J connectivity index is 2.04. The van der Waals surface area contributed by atoms with Crippen molar-refractivity contribution >= 4 is 40.3 Å². The standard InChI is InChI=1S/C20H22N2O3S2/c1-4-24-15-10-8-14(9-11-15)22-13(3)17(19(23)25-5-2)18(21-20(22)26)16-7-6-12-27-16/h6-12,18H,4-5H2,1-3H3,(H,21,26)/t18-/m1/s1. The molecular formula is C20H22N2O3S2. The summed E-state index contributed by atoms with van der Waals surface area (Å²) < 4.78 is 10.8. The van der Waals surface area contributed by atoms with Crippen LogP contribution in [0.15, 0.2) is 53.0 Å². The summed E-state index contributed by atoms with van der Waals surface area (Å²) in [7, 11) is 0. The Bertz CT molecular complexity index is 845. The van der Waals surface area contributed by atoms with Gasteiger partial charge in [0.15, 0.2) is 5.11 Å².